The minimum absolute atomic E-state index is 0.285. The maximum Gasteiger partial charge on any atom is 0.416 e. The molecule has 3 rings (SSSR count). The standard InChI is InChI=1S/C16H16F3N3O/c1-2-22-10-13(9-20-22)21-14(23)15(6-7-15)11-4-3-5-12(8-11)16(17,18)19/h3-5,8-10H,2,6-7H2,1H3,(H,21,23). The van der Waals surface area contributed by atoms with E-state index < -0.39 is 17.2 Å². The van der Waals surface area contributed by atoms with Crippen LogP contribution in [0.25, 0.3) is 0 Å². The van der Waals surface area contributed by atoms with Crippen LogP contribution in [0.15, 0.2) is 36.7 Å². The first kappa shape index (κ1) is 15.6. The largest absolute Gasteiger partial charge is 0.416 e. The summed E-state index contributed by atoms with van der Waals surface area (Å²) < 4.78 is 40.2. The average Bonchev–Trinajstić information content (AvgIpc) is 3.21. The molecule has 23 heavy (non-hydrogen) atoms. The van der Waals surface area contributed by atoms with Gasteiger partial charge in [0.15, 0.2) is 0 Å². The van der Waals surface area contributed by atoms with E-state index in [4.69, 9.17) is 0 Å². The third-order valence-electron chi connectivity index (χ3n) is 4.14. The Balaban J connectivity index is 1.83. The van der Waals surface area contributed by atoms with Gasteiger partial charge in [0.2, 0.25) is 5.91 Å². The second kappa shape index (κ2) is 5.40. The Morgan fingerprint density at radius 1 is 1.39 bits per heavy atom. The molecule has 7 heteroatoms. The molecule has 1 heterocycles. The van der Waals surface area contributed by atoms with Crippen molar-refractivity contribution in [2.75, 3.05) is 5.32 Å². The predicted molar refractivity (Wildman–Crippen MR) is 78.9 cm³/mol. The number of benzene rings is 1. The molecule has 1 aliphatic carbocycles. The summed E-state index contributed by atoms with van der Waals surface area (Å²) in [6.45, 7) is 2.60. The zero-order chi connectivity index (χ0) is 16.7. The molecule has 122 valence electrons. The fourth-order valence-electron chi connectivity index (χ4n) is 2.62. The summed E-state index contributed by atoms with van der Waals surface area (Å²) in [6.07, 6.45) is -0.0985. The van der Waals surface area contributed by atoms with Gasteiger partial charge in [0.25, 0.3) is 0 Å². The number of nitrogens with one attached hydrogen (secondary N) is 1. The van der Waals surface area contributed by atoms with Crippen molar-refractivity contribution >= 4 is 11.6 Å². The molecule has 1 aromatic carbocycles. The number of amides is 1. The topological polar surface area (TPSA) is 46.9 Å². The highest BCUT2D eigenvalue weighted by molar-refractivity contribution is 6.01. The fraction of sp³-hybridized carbons (Fsp3) is 0.375. The quantitative estimate of drug-likeness (QED) is 0.934. The maximum atomic E-state index is 12.9. The van der Waals surface area contributed by atoms with E-state index in [0.29, 0.717) is 30.6 Å². The number of rotatable bonds is 4. The number of aromatic nitrogens is 2. The Bertz CT molecular complexity index is 732. The number of aryl methyl sites for hydroxylation is 1. The lowest BCUT2D eigenvalue weighted by Crippen LogP contribution is -2.28. The number of hydrogen-bond acceptors (Lipinski definition) is 2. The SMILES string of the molecule is CCn1cc(NC(=O)C2(c3cccc(C(F)(F)F)c3)CC2)cn1. The van der Waals surface area contributed by atoms with Crippen LogP contribution >= 0.6 is 0 Å². The van der Waals surface area contributed by atoms with Crippen LogP contribution in [0.5, 0.6) is 0 Å². The Hall–Kier alpha value is -2.31. The Morgan fingerprint density at radius 3 is 2.70 bits per heavy atom. The molecule has 1 saturated carbocycles. The van der Waals surface area contributed by atoms with Crippen molar-refractivity contribution in [2.24, 2.45) is 0 Å². The molecule has 4 nitrogen and oxygen atoms in total. The normalized spacial score (nSPS) is 16.2. The van der Waals surface area contributed by atoms with E-state index in [1.807, 2.05) is 6.92 Å². The van der Waals surface area contributed by atoms with Crippen LogP contribution in [0.3, 0.4) is 0 Å². The average molecular weight is 323 g/mol. The number of halogens is 3. The van der Waals surface area contributed by atoms with E-state index in [2.05, 4.69) is 10.4 Å². The van der Waals surface area contributed by atoms with Gasteiger partial charge in [-0.05, 0) is 31.4 Å². The smallest absolute Gasteiger partial charge is 0.323 e. The lowest BCUT2D eigenvalue weighted by Gasteiger charge is -2.17. The minimum atomic E-state index is -4.41. The van der Waals surface area contributed by atoms with E-state index in [-0.39, 0.29) is 5.91 Å². The second-order valence-corrected chi connectivity index (χ2v) is 5.70. The van der Waals surface area contributed by atoms with Gasteiger partial charge in [-0.15, -0.1) is 0 Å². The first-order valence-corrected chi connectivity index (χ1v) is 7.37. The zero-order valence-electron chi connectivity index (χ0n) is 12.5. The summed E-state index contributed by atoms with van der Waals surface area (Å²) >= 11 is 0. The molecule has 2 aromatic rings. The van der Waals surface area contributed by atoms with Crippen LogP contribution in [-0.2, 0) is 22.9 Å². The number of hydrogen-bond donors (Lipinski definition) is 1. The molecule has 1 fully saturated rings. The molecule has 0 atom stereocenters. The molecule has 1 aliphatic rings. The Morgan fingerprint density at radius 2 is 2.13 bits per heavy atom. The number of carbonyl (C=O) groups is 1. The highest BCUT2D eigenvalue weighted by Gasteiger charge is 2.51. The number of carbonyl (C=O) groups excluding carboxylic acids is 1. The van der Waals surface area contributed by atoms with Gasteiger partial charge in [-0.2, -0.15) is 18.3 Å². The van der Waals surface area contributed by atoms with Crippen LogP contribution in [0.1, 0.15) is 30.9 Å². The molecule has 0 saturated heterocycles. The van der Waals surface area contributed by atoms with Gasteiger partial charge < -0.3 is 5.32 Å². The number of nitrogens with zero attached hydrogens (tertiary/aromatic N) is 2. The highest BCUT2D eigenvalue weighted by Crippen LogP contribution is 2.49. The molecule has 1 amide bonds. The first-order chi connectivity index (χ1) is 10.8. The lowest BCUT2D eigenvalue weighted by atomic mass is 9.93. The lowest BCUT2D eigenvalue weighted by molar-refractivity contribution is -0.137. The summed E-state index contributed by atoms with van der Waals surface area (Å²) in [5.41, 5.74) is -0.633. The molecular formula is C16H16F3N3O. The molecule has 0 bridgehead atoms. The van der Waals surface area contributed by atoms with Crippen molar-refractivity contribution in [1.29, 1.82) is 0 Å². The first-order valence-electron chi connectivity index (χ1n) is 7.37. The summed E-state index contributed by atoms with van der Waals surface area (Å²) in [7, 11) is 0. The number of anilines is 1. The molecule has 1 aromatic heterocycles. The monoisotopic (exact) mass is 323 g/mol. The van der Waals surface area contributed by atoms with Crippen molar-refractivity contribution in [3.8, 4) is 0 Å². The Kier molecular flexibility index (Phi) is 3.66. The van der Waals surface area contributed by atoms with Crippen molar-refractivity contribution in [1.82, 2.24) is 9.78 Å². The fourth-order valence-corrected chi connectivity index (χ4v) is 2.62. The van der Waals surface area contributed by atoms with Gasteiger partial charge in [0.05, 0.1) is 22.9 Å². The number of alkyl halides is 3. The van der Waals surface area contributed by atoms with Crippen molar-refractivity contribution in [3.05, 3.63) is 47.8 Å². The van der Waals surface area contributed by atoms with E-state index in [1.54, 1.807) is 16.9 Å². The molecule has 0 unspecified atom stereocenters. The van der Waals surface area contributed by atoms with E-state index in [1.165, 1.54) is 12.3 Å². The summed E-state index contributed by atoms with van der Waals surface area (Å²) in [4.78, 5) is 12.5. The van der Waals surface area contributed by atoms with E-state index in [0.717, 1.165) is 12.1 Å². The molecule has 0 spiro atoms. The van der Waals surface area contributed by atoms with Gasteiger partial charge in [-0.25, -0.2) is 0 Å². The van der Waals surface area contributed by atoms with Gasteiger partial charge in [0.1, 0.15) is 0 Å². The van der Waals surface area contributed by atoms with Crippen LogP contribution in [0.2, 0.25) is 0 Å². The van der Waals surface area contributed by atoms with Gasteiger partial charge in [-0.1, -0.05) is 18.2 Å². The predicted octanol–water partition coefficient (Wildman–Crippen LogP) is 3.59. The van der Waals surface area contributed by atoms with Crippen LogP contribution in [-0.4, -0.2) is 15.7 Å². The minimum Gasteiger partial charge on any atom is -0.323 e. The van der Waals surface area contributed by atoms with Crippen LogP contribution in [0.4, 0.5) is 18.9 Å². The summed E-state index contributed by atoms with van der Waals surface area (Å²) in [5, 5.41) is 6.82. The summed E-state index contributed by atoms with van der Waals surface area (Å²) in [6, 6.07) is 5.02. The van der Waals surface area contributed by atoms with E-state index in [9.17, 15) is 18.0 Å². The van der Waals surface area contributed by atoms with Gasteiger partial charge in [-0.3, -0.25) is 9.48 Å². The molecule has 1 N–H and O–H groups in total. The van der Waals surface area contributed by atoms with Crippen LogP contribution in [0, 0.1) is 0 Å². The zero-order valence-corrected chi connectivity index (χ0v) is 12.5. The third kappa shape index (κ3) is 2.95. The maximum absolute atomic E-state index is 12.9. The molecule has 0 radical (unpaired) electrons. The van der Waals surface area contributed by atoms with Crippen molar-refractivity contribution in [2.45, 2.75) is 37.9 Å². The summed E-state index contributed by atoms with van der Waals surface area (Å²) in [5.74, 6) is -0.285. The van der Waals surface area contributed by atoms with E-state index >= 15 is 0 Å². The molecular weight excluding hydrogens is 307 g/mol. The van der Waals surface area contributed by atoms with Crippen molar-refractivity contribution < 1.29 is 18.0 Å². The highest BCUT2D eigenvalue weighted by atomic mass is 19.4. The molecule has 0 aliphatic heterocycles. The Labute approximate surface area is 131 Å². The van der Waals surface area contributed by atoms with Gasteiger partial charge >= 0.3 is 6.18 Å². The van der Waals surface area contributed by atoms with Crippen molar-refractivity contribution in [3.63, 3.8) is 0 Å². The third-order valence-corrected chi connectivity index (χ3v) is 4.14. The second-order valence-electron chi connectivity index (χ2n) is 5.70. The van der Waals surface area contributed by atoms with Crippen LogP contribution < -0.4 is 5.32 Å². The van der Waals surface area contributed by atoms with Gasteiger partial charge in [0, 0.05) is 12.7 Å².